The second-order valence-electron chi connectivity index (χ2n) is 5.91. The maximum absolute atomic E-state index is 5.74. The van der Waals surface area contributed by atoms with Crippen LogP contribution in [0.25, 0.3) is 10.6 Å². The summed E-state index contributed by atoms with van der Waals surface area (Å²) in [5.74, 6) is 0. The summed E-state index contributed by atoms with van der Waals surface area (Å²) in [5.41, 5.74) is 11.7. The molecular formula is C19H17N3OS. The number of rotatable bonds is 3. The molecule has 24 heavy (non-hydrogen) atoms. The number of anilines is 1. The second-order valence-corrected chi connectivity index (χ2v) is 6.76. The smallest absolute Gasteiger partial charge is 0.158 e. The first-order valence-corrected chi connectivity index (χ1v) is 8.68. The average molecular weight is 335 g/mol. The molecule has 0 fully saturated rings. The first-order chi connectivity index (χ1) is 11.7. The van der Waals surface area contributed by atoms with Crippen molar-refractivity contribution in [2.75, 3.05) is 5.73 Å². The second kappa shape index (κ2) is 6.09. The molecular weight excluding hydrogens is 318 g/mol. The molecule has 0 saturated carbocycles. The fraction of sp³-hybridized carbons (Fsp3) is 0.158. The third-order valence-corrected chi connectivity index (χ3v) is 4.97. The van der Waals surface area contributed by atoms with Gasteiger partial charge in [0, 0.05) is 23.1 Å². The molecule has 0 spiro atoms. The first kappa shape index (κ1) is 14.9. The van der Waals surface area contributed by atoms with Gasteiger partial charge < -0.3 is 10.6 Å². The van der Waals surface area contributed by atoms with E-state index in [9.17, 15) is 0 Å². The maximum Gasteiger partial charge on any atom is 0.158 e. The number of aromatic nitrogens is 1. The lowest BCUT2D eigenvalue weighted by Gasteiger charge is -2.08. The van der Waals surface area contributed by atoms with Crippen molar-refractivity contribution in [1.29, 1.82) is 0 Å². The highest BCUT2D eigenvalue weighted by Gasteiger charge is 2.25. The fourth-order valence-electron chi connectivity index (χ4n) is 2.65. The van der Waals surface area contributed by atoms with Crippen molar-refractivity contribution < 1.29 is 4.84 Å². The van der Waals surface area contributed by atoms with Crippen LogP contribution in [-0.2, 0) is 4.84 Å². The summed E-state index contributed by atoms with van der Waals surface area (Å²) in [6.45, 7) is 2.08. The molecule has 1 aliphatic rings. The Hall–Kier alpha value is -2.66. The Bertz CT molecular complexity index is 882. The molecule has 2 aromatic carbocycles. The van der Waals surface area contributed by atoms with Crippen LogP contribution in [0.1, 0.15) is 29.3 Å². The summed E-state index contributed by atoms with van der Waals surface area (Å²) in [6.07, 6.45) is 0.718. The quantitative estimate of drug-likeness (QED) is 0.713. The lowest BCUT2D eigenvalue weighted by Crippen LogP contribution is -2.02. The van der Waals surface area contributed by atoms with Crippen LogP contribution in [0.3, 0.4) is 0 Å². The molecule has 2 heterocycles. The van der Waals surface area contributed by atoms with Crippen LogP contribution in [-0.4, -0.2) is 10.7 Å². The van der Waals surface area contributed by atoms with Crippen molar-refractivity contribution in [3.63, 3.8) is 0 Å². The number of benzene rings is 2. The zero-order valence-corrected chi connectivity index (χ0v) is 14.1. The van der Waals surface area contributed by atoms with Crippen LogP contribution in [0, 0.1) is 6.92 Å². The predicted molar refractivity (Wildman–Crippen MR) is 98.1 cm³/mol. The molecule has 0 amide bonds. The van der Waals surface area contributed by atoms with Crippen molar-refractivity contribution in [3.8, 4) is 10.6 Å². The van der Waals surface area contributed by atoms with Gasteiger partial charge in [-0.2, -0.15) is 0 Å². The Labute approximate surface area is 144 Å². The van der Waals surface area contributed by atoms with Crippen LogP contribution in [0.4, 0.5) is 5.69 Å². The minimum Gasteiger partial charge on any atom is -0.399 e. The summed E-state index contributed by atoms with van der Waals surface area (Å²) >= 11 is 1.61. The van der Waals surface area contributed by atoms with Crippen molar-refractivity contribution in [3.05, 3.63) is 70.7 Å². The lowest BCUT2D eigenvalue weighted by atomic mass is 10.0. The molecule has 5 heteroatoms. The molecule has 0 saturated heterocycles. The summed E-state index contributed by atoms with van der Waals surface area (Å²) in [7, 11) is 0. The van der Waals surface area contributed by atoms with E-state index in [0.717, 1.165) is 39.6 Å². The number of oxime groups is 1. The zero-order chi connectivity index (χ0) is 16.5. The normalized spacial score (nSPS) is 16.7. The van der Waals surface area contributed by atoms with Crippen molar-refractivity contribution in [2.45, 2.75) is 19.4 Å². The third-order valence-electron chi connectivity index (χ3n) is 4.08. The molecule has 0 radical (unpaired) electrons. The van der Waals surface area contributed by atoms with Gasteiger partial charge in [0.15, 0.2) is 6.10 Å². The van der Waals surface area contributed by atoms with Crippen molar-refractivity contribution in [1.82, 2.24) is 4.98 Å². The summed E-state index contributed by atoms with van der Waals surface area (Å²) < 4.78 is 0. The van der Waals surface area contributed by atoms with Gasteiger partial charge in [-0.3, -0.25) is 0 Å². The molecule has 4 rings (SSSR count). The summed E-state index contributed by atoms with van der Waals surface area (Å²) in [4.78, 5) is 10.3. The van der Waals surface area contributed by atoms with E-state index in [4.69, 9.17) is 15.6 Å². The highest BCUT2D eigenvalue weighted by Crippen LogP contribution is 2.31. The Morgan fingerprint density at radius 1 is 1.08 bits per heavy atom. The first-order valence-electron chi connectivity index (χ1n) is 7.80. The topological polar surface area (TPSA) is 60.5 Å². The molecule has 1 aliphatic heterocycles. The van der Waals surface area contributed by atoms with Crippen LogP contribution in [0.5, 0.6) is 0 Å². The van der Waals surface area contributed by atoms with Gasteiger partial charge in [0.25, 0.3) is 0 Å². The van der Waals surface area contributed by atoms with Crippen LogP contribution < -0.4 is 5.73 Å². The predicted octanol–water partition coefficient (Wildman–Crippen LogP) is 4.57. The Morgan fingerprint density at radius 2 is 1.83 bits per heavy atom. The molecule has 1 unspecified atom stereocenters. The molecule has 1 atom stereocenters. The van der Waals surface area contributed by atoms with Gasteiger partial charge in [-0.05, 0) is 36.8 Å². The third kappa shape index (κ3) is 2.90. The van der Waals surface area contributed by atoms with Crippen molar-refractivity contribution >= 4 is 22.7 Å². The average Bonchev–Trinajstić information content (AvgIpc) is 3.25. The molecule has 3 aromatic rings. The van der Waals surface area contributed by atoms with E-state index >= 15 is 0 Å². The van der Waals surface area contributed by atoms with E-state index in [2.05, 4.69) is 36.3 Å². The molecule has 0 aliphatic carbocycles. The van der Waals surface area contributed by atoms with Crippen molar-refractivity contribution in [2.24, 2.45) is 5.16 Å². The maximum atomic E-state index is 5.74. The highest BCUT2D eigenvalue weighted by atomic mass is 32.1. The van der Waals surface area contributed by atoms with Crippen LogP contribution >= 0.6 is 11.3 Å². The number of nitrogens with zero attached hydrogens (tertiary/aromatic N) is 2. The van der Waals surface area contributed by atoms with Gasteiger partial charge in [0.05, 0.1) is 5.69 Å². The van der Waals surface area contributed by atoms with E-state index in [-0.39, 0.29) is 6.10 Å². The van der Waals surface area contributed by atoms with Gasteiger partial charge in [-0.25, -0.2) is 4.98 Å². The minimum atomic E-state index is -0.0257. The molecule has 0 bridgehead atoms. The number of thiazole rings is 1. The van der Waals surface area contributed by atoms with Gasteiger partial charge in [0.2, 0.25) is 0 Å². The standard InChI is InChI=1S/C19H17N3OS/c1-12-2-4-13(5-3-12)18-10-16(22-23-18)17-11-24-19(21-17)14-6-8-15(20)9-7-14/h2-9,11,18H,10,20H2,1H3. The SMILES string of the molecule is Cc1ccc(C2CC(c3csc(-c4ccc(N)cc4)n3)=NO2)cc1. The molecule has 120 valence electrons. The number of nitrogens with two attached hydrogens (primary N) is 1. The number of aryl methyl sites for hydroxylation is 1. The molecule has 2 N–H and O–H groups in total. The number of nitrogen functional groups attached to an aromatic ring is 1. The van der Waals surface area contributed by atoms with E-state index in [1.165, 1.54) is 5.56 Å². The summed E-state index contributed by atoms with van der Waals surface area (Å²) in [5, 5.41) is 7.25. The van der Waals surface area contributed by atoms with Gasteiger partial charge in [0.1, 0.15) is 10.7 Å². The Morgan fingerprint density at radius 3 is 2.58 bits per heavy atom. The molecule has 1 aromatic heterocycles. The fourth-order valence-corrected chi connectivity index (χ4v) is 3.49. The van der Waals surface area contributed by atoms with E-state index in [1.54, 1.807) is 11.3 Å². The number of hydrogen-bond acceptors (Lipinski definition) is 5. The summed E-state index contributed by atoms with van der Waals surface area (Å²) in [6, 6.07) is 16.1. The van der Waals surface area contributed by atoms with Crippen LogP contribution in [0.15, 0.2) is 59.1 Å². The largest absolute Gasteiger partial charge is 0.399 e. The van der Waals surface area contributed by atoms with E-state index < -0.39 is 0 Å². The monoisotopic (exact) mass is 335 g/mol. The van der Waals surface area contributed by atoms with Gasteiger partial charge in [-0.15, -0.1) is 11.3 Å². The van der Waals surface area contributed by atoms with E-state index in [1.807, 2.05) is 29.6 Å². The molecule has 4 nitrogen and oxygen atoms in total. The number of hydrogen-bond donors (Lipinski definition) is 1. The zero-order valence-electron chi connectivity index (χ0n) is 13.3. The Balaban J connectivity index is 1.51. The lowest BCUT2D eigenvalue weighted by molar-refractivity contribution is 0.0857. The minimum absolute atomic E-state index is 0.0257. The Kier molecular flexibility index (Phi) is 3.78. The van der Waals surface area contributed by atoms with E-state index in [0.29, 0.717) is 0 Å². The highest BCUT2D eigenvalue weighted by molar-refractivity contribution is 7.13. The van der Waals surface area contributed by atoms with Crippen LogP contribution in [0.2, 0.25) is 0 Å². The van der Waals surface area contributed by atoms with Gasteiger partial charge >= 0.3 is 0 Å². The van der Waals surface area contributed by atoms with Gasteiger partial charge in [-0.1, -0.05) is 35.0 Å².